The van der Waals surface area contributed by atoms with Crippen LogP contribution in [0.1, 0.15) is 39.1 Å². The molecule has 0 N–H and O–H groups in total. The normalized spacial score (nSPS) is 14.0. The minimum atomic E-state index is -0.608. The molecule has 52 heavy (non-hydrogen) atoms. The Morgan fingerprint density at radius 1 is 0.481 bits per heavy atom. The fourth-order valence-electron chi connectivity index (χ4n) is 9.62. The van der Waals surface area contributed by atoms with Crippen LogP contribution in [0.15, 0.2) is 181 Å². The summed E-state index contributed by atoms with van der Waals surface area (Å²) in [4.78, 5) is 15.1. The van der Waals surface area contributed by atoms with Crippen LogP contribution in [0, 0.1) is 0 Å². The van der Waals surface area contributed by atoms with Crippen molar-refractivity contribution in [1.29, 1.82) is 0 Å². The second kappa shape index (κ2) is 10.6. The third-order valence-electron chi connectivity index (χ3n) is 11.5. The predicted octanol–water partition coefficient (Wildman–Crippen LogP) is 11.6. The van der Waals surface area contributed by atoms with Crippen molar-refractivity contribution < 1.29 is 0 Å². The van der Waals surface area contributed by atoms with Gasteiger partial charge in [0.2, 0.25) is 0 Å². The van der Waals surface area contributed by atoms with E-state index in [0.717, 1.165) is 60.8 Å². The van der Waals surface area contributed by atoms with Gasteiger partial charge in [-0.05, 0) is 79.2 Å². The highest BCUT2D eigenvalue weighted by Gasteiger charge is 2.54. The third-order valence-corrected chi connectivity index (χ3v) is 11.5. The van der Waals surface area contributed by atoms with E-state index in [2.05, 4.69) is 152 Å². The molecule has 2 aliphatic rings. The third kappa shape index (κ3) is 3.56. The number of pyridine rings is 1. The molecule has 11 rings (SSSR count). The zero-order chi connectivity index (χ0) is 34.6. The molecule has 1 spiro atoms. The molecule has 0 bridgehead atoms. The molecule has 2 aromatic heterocycles. The molecule has 2 heteroatoms. The Morgan fingerprint density at radius 3 is 1.62 bits per heavy atom. The van der Waals surface area contributed by atoms with Crippen molar-refractivity contribution in [3.63, 3.8) is 0 Å². The summed E-state index contributed by atoms with van der Waals surface area (Å²) >= 11 is 0. The van der Waals surface area contributed by atoms with E-state index in [4.69, 9.17) is 0 Å². The maximum atomic E-state index is 15.1. The van der Waals surface area contributed by atoms with Gasteiger partial charge in [0.1, 0.15) is 0 Å². The second-order valence-corrected chi connectivity index (χ2v) is 13.9. The Hall–Kier alpha value is -6.77. The van der Waals surface area contributed by atoms with Crippen molar-refractivity contribution in [3.05, 3.63) is 226 Å². The number of nitrogens with zero attached hydrogens (tertiary/aromatic N) is 1. The zero-order valence-electron chi connectivity index (χ0n) is 28.3. The highest BCUT2D eigenvalue weighted by molar-refractivity contribution is 6.20. The Bertz CT molecular complexity index is 2990. The molecule has 242 valence electrons. The van der Waals surface area contributed by atoms with Gasteiger partial charge in [0, 0.05) is 27.3 Å². The summed E-state index contributed by atoms with van der Waals surface area (Å²) in [5.41, 5.74) is 15.1. The molecular formula is C50H31NO. The Morgan fingerprint density at radius 2 is 0.981 bits per heavy atom. The summed E-state index contributed by atoms with van der Waals surface area (Å²) < 4.78 is 2.01. The summed E-state index contributed by atoms with van der Waals surface area (Å²) in [6, 6.07) is 60.5. The van der Waals surface area contributed by atoms with E-state index >= 15 is 4.79 Å². The Balaban J connectivity index is 1.40. The standard InChI is InChI=1S/C50H31NO/c1-2-34-40-29-33(31-17-5-3-6-18-31)30-41-35-21-9-10-24-38(35)49(52)51(47(40)41)48(34)45-39-25-13-16-28-44(39)50(46(45)32-19-7-4-8-20-32)42-26-14-11-22-36(42)37-23-12-15-27-43(37)50/h2-30H,1H2. The topological polar surface area (TPSA) is 21.5 Å². The molecule has 0 atom stereocenters. The van der Waals surface area contributed by atoms with E-state index in [1.54, 1.807) is 0 Å². The summed E-state index contributed by atoms with van der Waals surface area (Å²) in [5, 5.41) is 3.74. The summed E-state index contributed by atoms with van der Waals surface area (Å²) in [6.45, 7) is 4.45. The van der Waals surface area contributed by atoms with E-state index in [0.29, 0.717) is 5.39 Å². The van der Waals surface area contributed by atoms with Crippen LogP contribution in [-0.2, 0) is 5.41 Å². The number of hydrogen-bond acceptors (Lipinski definition) is 1. The minimum absolute atomic E-state index is 0.0192. The van der Waals surface area contributed by atoms with Gasteiger partial charge in [-0.2, -0.15) is 0 Å². The lowest BCUT2D eigenvalue weighted by molar-refractivity contribution is 0.842. The summed E-state index contributed by atoms with van der Waals surface area (Å²) in [5.74, 6) is 0. The first-order valence-corrected chi connectivity index (χ1v) is 17.9. The minimum Gasteiger partial charge on any atom is -0.274 e. The molecule has 0 unspecified atom stereocenters. The number of allylic oxidation sites excluding steroid dienone is 1. The van der Waals surface area contributed by atoms with Crippen LogP contribution in [0.25, 0.3) is 66.5 Å². The lowest BCUT2D eigenvalue weighted by atomic mass is 9.68. The number of fused-ring (bicyclic) bond motifs is 9. The van der Waals surface area contributed by atoms with Gasteiger partial charge in [0.15, 0.2) is 0 Å². The van der Waals surface area contributed by atoms with Crippen LogP contribution >= 0.6 is 0 Å². The van der Waals surface area contributed by atoms with Gasteiger partial charge in [-0.15, -0.1) is 0 Å². The van der Waals surface area contributed by atoms with E-state index in [1.807, 2.05) is 34.7 Å². The van der Waals surface area contributed by atoms with Crippen LogP contribution in [0.3, 0.4) is 0 Å². The van der Waals surface area contributed by atoms with Gasteiger partial charge in [0.25, 0.3) is 5.56 Å². The van der Waals surface area contributed by atoms with Gasteiger partial charge in [-0.3, -0.25) is 9.20 Å². The SMILES string of the molecule is C=Cc1c(C2=C(c3ccccc3)C3(c4ccccc42)c2ccccc2-c2ccccc23)n2c(=O)c3ccccc3c3cc(-c4ccccc4)cc1c32. The number of aromatic nitrogens is 1. The first kappa shape index (κ1) is 29.0. The molecule has 0 aliphatic heterocycles. The van der Waals surface area contributed by atoms with Crippen LogP contribution < -0.4 is 5.56 Å². The van der Waals surface area contributed by atoms with Gasteiger partial charge < -0.3 is 0 Å². The van der Waals surface area contributed by atoms with E-state index < -0.39 is 5.41 Å². The molecule has 0 saturated heterocycles. The first-order chi connectivity index (χ1) is 25.7. The van der Waals surface area contributed by atoms with Crippen molar-refractivity contribution in [3.8, 4) is 22.3 Å². The zero-order valence-corrected chi connectivity index (χ0v) is 28.3. The molecule has 0 amide bonds. The van der Waals surface area contributed by atoms with Crippen molar-refractivity contribution in [2.45, 2.75) is 5.41 Å². The van der Waals surface area contributed by atoms with Crippen LogP contribution in [0.2, 0.25) is 0 Å². The number of benzene rings is 7. The second-order valence-electron chi connectivity index (χ2n) is 13.9. The quantitative estimate of drug-likeness (QED) is 0.172. The number of hydrogen-bond donors (Lipinski definition) is 0. The summed E-state index contributed by atoms with van der Waals surface area (Å²) in [7, 11) is 0. The van der Waals surface area contributed by atoms with Gasteiger partial charge >= 0.3 is 0 Å². The molecular weight excluding hydrogens is 631 g/mol. The fraction of sp³-hybridized carbons (Fsp3) is 0.0200. The van der Waals surface area contributed by atoms with Crippen molar-refractivity contribution in [2.24, 2.45) is 0 Å². The van der Waals surface area contributed by atoms with Crippen LogP contribution in [0.5, 0.6) is 0 Å². The highest BCUT2D eigenvalue weighted by Crippen LogP contribution is 2.65. The van der Waals surface area contributed by atoms with Gasteiger partial charge in [-0.25, -0.2) is 0 Å². The molecule has 2 heterocycles. The monoisotopic (exact) mass is 661 g/mol. The average molecular weight is 662 g/mol. The highest BCUT2D eigenvalue weighted by atomic mass is 16.1. The molecule has 0 radical (unpaired) electrons. The maximum Gasteiger partial charge on any atom is 0.263 e. The van der Waals surface area contributed by atoms with Gasteiger partial charge in [-0.1, -0.05) is 164 Å². The van der Waals surface area contributed by atoms with Crippen molar-refractivity contribution in [2.75, 3.05) is 0 Å². The van der Waals surface area contributed by atoms with Crippen molar-refractivity contribution >= 4 is 44.3 Å². The number of rotatable bonds is 4. The molecule has 7 aromatic carbocycles. The van der Waals surface area contributed by atoms with E-state index in [-0.39, 0.29) is 5.56 Å². The largest absolute Gasteiger partial charge is 0.274 e. The molecule has 2 aliphatic carbocycles. The lowest BCUT2D eigenvalue weighted by Gasteiger charge is -2.33. The Labute approximate surface area is 301 Å². The average Bonchev–Trinajstić information content (AvgIpc) is 3.82. The van der Waals surface area contributed by atoms with Crippen molar-refractivity contribution in [1.82, 2.24) is 4.40 Å². The first-order valence-electron chi connectivity index (χ1n) is 17.9. The molecule has 2 nitrogen and oxygen atoms in total. The summed E-state index contributed by atoms with van der Waals surface area (Å²) in [6.07, 6.45) is 1.97. The van der Waals surface area contributed by atoms with E-state index in [9.17, 15) is 0 Å². The molecule has 0 fully saturated rings. The fourth-order valence-corrected chi connectivity index (χ4v) is 9.62. The van der Waals surface area contributed by atoms with E-state index in [1.165, 1.54) is 33.4 Å². The van der Waals surface area contributed by atoms with Crippen LogP contribution in [0.4, 0.5) is 0 Å². The maximum absolute atomic E-state index is 15.1. The smallest absolute Gasteiger partial charge is 0.263 e. The van der Waals surface area contributed by atoms with Gasteiger partial charge in [0.05, 0.1) is 16.6 Å². The lowest BCUT2D eigenvalue weighted by Crippen LogP contribution is -2.26. The predicted molar refractivity (Wildman–Crippen MR) is 216 cm³/mol. The Kier molecular flexibility index (Phi) is 5.92. The molecule has 9 aromatic rings. The van der Waals surface area contributed by atoms with Crippen LogP contribution in [-0.4, -0.2) is 4.40 Å². The molecule has 0 saturated carbocycles.